The molecule has 0 saturated heterocycles. The van der Waals surface area contributed by atoms with Crippen LogP contribution in [0.3, 0.4) is 0 Å². The van der Waals surface area contributed by atoms with E-state index in [1.165, 1.54) is 17.4 Å². The summed E-state index contributed by atoms with van der Waals surface area (Å²) in [5.41, 5.74) is 1.44. The van der Waals surface area contributed by atoms with Crippen LogP contribution in [0.2, 0.25) is 0 Å². The highest BCUT2D eigenvalue weighted by molar-refractivity contribution is 7.21. The van der Waals surface area contributed by atoms with E-state index in [1.54, 1.807) is 18.2 Å². The molecule has 0 spiro atoms. The number of anilines is 1. The molecule has 1 heterocycles. The van der Waals surface area contributed by atoms with Gasteiger partial charge in [0.2, 0.25) is 0 Å². The number of nitrogens with one attached hydrogen (secondary N) is 2. The fourth-order valence-electron chi connectivity index (χ4n) is 2.63. The van der Waals surface area contributed by atoms with Gasteiger partial charge in [-0.05, 0) is 30.0 Å². The van der Waals surface area contributed by atoms with Crippen LogP contribution in [-0.4, -0.2) is 23.9 Å². The predicted molar refractivity (Wildman–Crippen MR) is 100 cm³/mol. The number of carbonyl (C=O) groups is 1. The van der Waals surface area contributed by atoms with Crippen molar-refractivity contribution in [2.45, 2.75) is 6.92 Å². The second-order valence-corrected chi connectivity index (χ2v) is 6.56. The Morgan fingerprint density at radius 3 is 2.60 bits per heavy atom. The molecule has 6 nitrogen and oxygen atoms in total. The summed E-state index contributed by atoms with van der Waals surface area (Å²) in [5.74, 6) is -0.122. The monoisotopic (exact) mass is 355 g/mol. The third-order valence-electron chi connectivity index (χ3n) is 3.88. The molecular weight excluding hydrogens is 338 g/mol. The molecule has 0 aliphatic carbocycles. The van der Waals surface area contributed by atoms with E-state index >= 15 is 0 Å². The molecule has 1 amide bonds. The van der Waals surface area contributed by atoms with Crippen molar-refractivity contribution >= 4 is 38.7 Å². The topological polar surface area (TPSA) is 84.3 Å². The molecule has 1 aromatic heterocycles. The predicted octanol–water partition coefficient (Wildman–Crippen LogP) is 3.96. The molecule has 0 aliphatic rings. The van der Waals surface area contributed by atoms with Gasteiger partial charge in [-0.15, -0.1) is 11.3 Å². The molecule has 0 saturated carbocycles. The van der Waals surface area contributed by atoms with Crippen molar-refractivity contribution in [2.24, 2.45) is 0 Å². The summed E-state index contributed by atoms with van der Waals surface area (Å²) >= 11 is 1.47. The van der Waals surface area contributed by atoms with Crippen molar-refractivity contribution in [3.8, 4) is 0 Å². The molecule has 0 bridgehead atoms. The van der Waals surface area contributed by atoms with Gasteiger partial charge >= 0.3 is 0 Å². The first-order valence-electron chi connectivity index (χ1n) is 7.81. The van der Waals surface area contributed by atoms with E-state index in [0.29, 0.717) is 23.7 Å². The number of fused-ring (bicyclic) bond motifs is 1. The van der Waals surface area contributed by atoms with Crippen LogP contribution in [0.25, 0.3) is 10.1 Å². The van der Waals surface area contributed by atoms with Gasteiger partial charge < -0.3 is 10.6 Å². The Hall–Kier alpha value is -2.93. The summed E-state index contributed by atoms with van der Waals surface area (Å²) in [6.07, 6.45) is 0. The lowest BCUT2D eigenvalue weighted by molar-refractivity contribution is -0.384. The van der Waals surface area contributed by atoms with Gasteiger partial charge in [0.05, 0.1) is 9.80 Å². The van der Waals surface area contributed by atoms with Gasteiger partial charge in [0, 0.05) is 23.9 Å². The molecule has 0 fully saturated rings. The molecule has 0 radical (unpaired) electrons. The van der Waals surface area contributed by atoms with E-state index in [4.69, 9.17) is 0 Å². The largest absolute Gasteiger partial charge is 0.378 e. The Balaban J connectivity index is 1.60. The number of carbonyl (C=O) groups excluding carboxylic acids is 1. The van der Waals surface area contributed by atoms with Crippen LogP contribution in [0.1, 0.15) is 15.2 Å². The van der Waals surface area contributed by atoms with Gasteiger partial charge in [0.15, 0.2) is 0 Å². The molecule has 3 rings (SSSR count). The van der Waals surface area contributed by atoms with Gasteiger partial charge in [-0.1, -0.05) is 30.3 Å². The normalized spacial score (nSPS) is 10.6. The van der Waals surface area contributed by atoms with Crippen molar-refractivity contribution < 1.29 is 9.72 Å². The Morgan fingerprint density at radius 2 is 1.84 bits per heavy atom. The van der Waals surface area contributed by atoms with Crippen LogP contribution in [0.4, 0.5) is 11.4 Å². The zero-order chi connectivity index (χ0) is 17.8. The average molecular weight is 355 g/mol. The highest BCUT2D eigenvalue weighted by Crippen LogP contribution is 2.30. The fraction of sp³-hybridized carbons (Fsp3) is 0.167. The van der Waals surface area contributed by atoms with Crippen LogP contribution >= 0.6 is 11.3 Å². The number of hydrogen-bond donors (Lipinski definition) is 2. The number of amides is 1. The van der Waals surface area contributed by atoms with E-state index < -0.39 is 4.92 Å². The lowest BCUT2D eigenvalue weighted by Crippen LogP contribution is -2.28. The van der Waals surface area contributed by atoms with Crippen LogP contribution in [0.5, 0.6) is 0 Å². The smallest absolute Gasteiger partial charge is 0.292 e. The standard InChI is InChI=1S/C18H17N3O3S/c1-12-13-6-2-5-9-16(13)25-17(12)18(22)20-11-10-19-14-7-3-4-8-15(14)21(23)24/h2-9,19H,10-11H2,1H3,(H,20,22). The Kier molecular flexibility index (Phi) is 4.95. The molecule has 0 unspecified atom stereocenters. The Labute approximate surface area is 148 Å². The van der Waals surface area contributed by atoms with Gasteiger partial charge in [-0.3, -0.25) is 14.9 Å². The Morgan fingerprint density at radius 1 is 1.12 bits per heavy atom. The van der Waals surface area contributed by atoms with E-state index in [9.17, 15) is 14.9 Å². The molecule has 7 heteroatoms. The van der Waals surface area contributed by atoms with Gasteiger partial charge in [-0.2, -0.15) is 0 Å². The summed E-state index contributed by atoms with van der Waals surface area (Å²) in [4.78, 5) is 23.6. The average Bonchev–Trinajstić information content (AvgIpc) is 2.96. The van der Waals surface area contributed by atoms with Crippen molar-refractivity contribution in [3.63, 3.8) is 0 Å². The van der Waals surface area contributed by atoms with Crippen LogP contribution in [-0.2, 0) is 0 Å². The minimum atomic E-state index is -0.429. The quantitative estimate of drug-likeness (QED) is 0.398. The maximum Gasteiger partial charge on any atom is 0.292 e. The van der Waals surface area contributed by atoms with Gasteiger partial charge in [0.1, 0.15) is 5.69 Å². The number of hydrogen-bond acceptors (Lipinski definition) is 5. The first-order valence-corrected chi connectivity index (χ1v) is 8.63. The van der Waals surface area contributed by atoms with Crippen molar-refractivity contribution in [3.05, 3.63) is 69.1 Å². The minimum Gasteiger partial charge on any atom is -0.378 e. The second kappa shape index (κ2) is 7.31. The molecule has 0 aliphatic heterocycles. The number of rotatable bonds is 6. The van der Waals surface area contributed by atoms with Crippen molar-refractivity contribution in [2.75, 3.05) is 18.4 Å². The highest BCUT2D eigenvalue weighted by Gasteiger charge is 2.15. The zero-order valence-electron chi connectivity index (χ0n) is 13.6. The number of nitrogens with zero attached hydrogens (tertiary/aromatic N) is 1. The third-order valence-corrected chi connectivity index (χ3v) is 5.15. The number of thiophene rings is 1. The van der Waals surface area contributed by atoms with E-state index in [0.717, 1.165) is 15.6 Å². The lowest BCUT2D eigenvalue weighted by atomic mass is 10.1. The lowest BCUT2D eigenvalue weighted by Gasteiger charge is -2.08. The molecule has 2 N–H and O–H groups in total. The zero-order valence-corrected chi connectivity index (χ0v) is 14.4. The first-order chi connectivity index (χ1) is 12.1. The summed E-state index contributed by atoms with van der Waals surface area (Å²) in [7, 11) is 0. The summed E-state index contributed by atoms with van der Waals surface area (Å²) in [6, 6.07) is 14.4. The van der Waals surface area contributed by atoms with Crippen molar-refractivity contribution in [1.29, 1.82) is 0 Å². The number of aryl methyl sites for hydroxylation is 1. The maximum absolute atomic E-state index is 12.4. The number of para-hydroxylation sites is 2. The van der Waals surface area contributed by atoms with E-state index in [1.807, 2.05) is 31.2 Å². The van der Waals surface area contributed by atoms with Gasteiger partial charge in [-0.25, -0.2) is 0 Å². The molecule has 3 aromatic rings. The van der Waals surface area contributed by atoms with E-state index in [2.05, 4.69) is 10.6 Å². The third kappa shape index (κ3) is 3.61. The van der Waals surface area contributed by atoms with Crippen LogP contribution < -0.4 is 10.6 Å². The highest BCUT2D eigenvalue weighted by atomic mass is 32.1. The molecule has 2 aromatic carbocycles. The summed E-state index contributed by atoms with van der Waals surface area (Å²) < 4.78 is 1.09. The minimum absolute atomic E-state index is 0.0224. The van der Waals surface area contributed by atoms with Crippen molar-refractivity contribution in [1.82, 2.24) is 5.32 Å². The number of benzene rings is 2. The molecule has 0 atom stereocenters. The van der Waals surface area contributed by atoms with Gasteiger partial charge in [0.25, 0.3) is 11.6 Å². The first kappa shape index (κ1) is 16.9. The molecular formula is C18H17N3O3S. The summed E-state index contributed by atoms with van der Waals surface area (Å²) in [6.45, 7) is 2.72. The van der Waals surface area contributed by atoms with Crippen LogP contribution in [0.15, 0.2) is 48.5 Å². The second-order valence-electron chi connectivity index (χ2n) is 5.51. The SMILES string of the molecule is Cc1c(C(=O)NCCNc2ccccc2[N+](=O)[O-])sc2ccccc12. The number of nitro benzene ring substituents is 1. The molecule has 25 heavy (non-hydrogen) atoms. The summed E-state index contributed by atoms with van der Waals surface area (Å²) in [5, 5.41) is 17.9. The number of nitro groups is 1. The van der Waals surface area contributed by atoms with E-state index in [-0.39, 0.29) is 11.6 Å². The maximum atomic E-state index is 12.4. The Bertz CT molecular complexity index is 936. The van der Waals surface area contributed by atoms with Crippen LogP contribution in [0, 0.1) is 17.0 Å². The fourth-order valence-corrected chi connectivity index (χ4v) is 3.75. The molecule has 128 valence electrons.